The number of esters is 1. The van der Waals surface area contributed by atoms with Gasteiger partial charge in [-0.05, 0) is 64.2 Å². The van der Waals surface area contributed by atoms with E-state index in [9.17, 15) is 9.59 Å². The zero-order chi connectivity index (χ0) is 24.3. The molecule has 5 nitrogen and oxygen atoms in total. The molecule has 0 saturated carbocycles. The van der Waals surface area contributed by atoms with Gasteiger partial charge in [0.2, 0.25) is 7.28 Å². The van der Waals surface area contributed by atoms with Crippen molar-refractivity contribution in [3.8, 4) is 0 Å². The molecule has 1 heterocycles. The summed E-state index contributed by atoms with van der Waals surface area (Å²) in [5, 5.41) is 2.04. The summed E-state index contributed by atoms with van der Waals surface area (Å²) in [5.41, 5.74) is -0.136. The topological polar surface area (TPSA) is 55.8 Å². The summed E-state index contributed by atoms with van der Waals surface area (Å²) in [6.45, 7) is 21.5. The molecule has 0 aromatic heterocycles. The number of rotatable bonds is 9. The number of piperidine rings is 1. The minimum Gasteiger partial charge on any atom is -0.462 e. The maximum absolute atomic E-state index is 12.6. The number of carbonyl (C=O) groups excluding carboxylic acids is 2. The average molecular weight is 436 g/mol. The van der Waals surface area contributed by atoms with Crippen molar-refractivity contribution < 1.29 is 19.2 Å². The molecule has 31 heavy (non-hydrogen) atoms. The second-order valence-electron chi connectivity index (χ2n) is 13.0. The molecule has 0 spiro atoms. The summed E-state index contributed by atoms with van der Waals surface area (Å²) in [7, 11) is 3.53. The van der Waals surface area contributed by atoms with Gasteiger partial charge in [-0.2, -0.15) is 5.06 Å². The van der Waals surface area contributed by atoms with Crippen LogP contribution in [0.2, 0.25) is 5.82 Å². The lowest BCUT2D eigenvalue weighted by atomic mass is 9.52. The van der Waals surface area contributed by atoms with Gasteiger partial charge in [-0.15, -0.1) is 0 Å². The van der Waals surface area contributed by atoms with Gasteiger partial charge in [0.05, 0.1) is 19.2 Å². The van der Waals surface area contributed by atoms with Gasteiger partial charge in [0.1, 0.15) is 6.10 Å². The number of carbonyl (C=O) groups is 2. The van der Waals surface area contributed by atoms with Gasteiger partial charge in [0, 0.05) is 17.5 Å². The molecule has 0 unspecified atom stereocenters. The van der Waals surface area contributed by atoms with Gasteiger partial charge in [0.15, 0.2) is 0 Å². The molecule has 1 radical (unpaired) electrons. The lowest BCUT2D eigenvalue weighted by molar-refractivity contribution is -0.263. The summed E-state index contributed by atoms with van der Waals surface area (Å²) in [6.07, 6.45) is 3.56. The zero-order valence-corrected chi connectivity index (χ0v) is 22.1. The lowest BCUT2D eigenvalue weighted by Crippen LogP contribution is -2.59. The van der Waals surface area contributed by atoms with Crippen molar-refractivity contribution in [2.75, 3.05) is 7.11 Å². The van der Waals surface area contributed by atoms with E-state index in [-0.39, 0.29) is 58.3 Å². The minimum atomic E-state index is -0.268. The number of hydroxylamine groups is 2. The second-order valence-corrected chi connectivity index (χ2v) is 13.0. The van der Waals surface area contributed by atoms with Crippen LogP contribution in [0.5, 0.6) is 0 Å². The number of hydrogen-bond donors (Lipinski definition) is 0. The van der Waals surface area contributed by atoms with Gasteiger partial charge in [-0.1, -0.05) is 47.4 Å². The Hall–Kier alpha value is -0.875. The smallest absolute Gasteiger partial charge is 0.306 e. The Kier molecular flexibility index (Phi) is 9.42. The van der Waals surface area contributed by atoms with E-state index >= 15 is 0 Å². The van der Waals surface area contributed by atoms with E-state index in [1.54, 1.807) is 7.11 Å². The van der Waals surface area contributed by atoms with Crippen molar-refractivity contribution in [1.82, 2.24) is 5.06 Å². The molecular formula is C25H47BNO4. The predicted octanol–water partition coefficient (Wildman–Crippen LogP) is 5.78. The van der Waals surface area contributed by atoms with Crippen LogP contribution < -0.4 is 0 Å². The van der Waals surface area contributed by atoms with E-state index in [4.69, 9.17) is 9.57 Å². The summed E-state index contributed by atoms with van der Waals surface area (Å²) < 4.78 is 5.81. The predicted molar refractivity (Wildman–Crippen MR) is 128 cm³/mol. The Morgan fingerprint density at radius 1 is 0.935 bits per heavy atom. The van der Waals surface area contributed by atoms with E-state index in [0.717, 1.165) is 25.7 Å². The van der Waals surface area contributed by atoms with Crippen molar-refractivity contribution >= 4 is 18.9 Å². The molecular weight excluding hydrogens is 389 g/mol. The van der Waals surface area contributed by atoms with Crippen LogP contribution >= 0.6 is 0 Å². The zero-order valence-electron chi connectivity index (χ0n) is 22.1. The summed E-state index contributed by atoms with van der Waals surface area (Å²) in [4.78, 5) is 30.8. The third-order valence-corrected chi connectivity index (χ3v) is 5.78. The maximum atomic E-state index is 12.6. The van der Waals surface area contributed by atoms with Crippen LogP contribution in [-0.4, -0.2) is 48.3 Å². The van der Waals surface area contributed by atoms with E-state index < -0.39 is 0 Å². The Morgan fingerprint density at radius 3 is 1.77 bits per heavy atom. The summed E-state index contributed by atoms with van der Waals surface area (Å²) in [5.74, 6) is -0.0930. The first kappa shape index (κ1) is 28.2. The van der Waals surface area contributed by atoms with E-state index in [1.807, 2.05) is 12.3 Å². The molecule has 0 aliphatic carbocycles. The molecule has 0 aromatic rings. The van der Waals surface area contributed by atoms with E-state index in [2.05, 4.69) is 69.2 Å². The van der Waals surface area contributed by atoms with Gasteiger partial charge < -0.3 is 14.4 Å². The van der Waals surface area contributed by atoms with Crippen molar-refractivity contribution in [3.05, 3.63) is 0 Å². The molecule has 1 saturated heterocycles. The van der Waals surface area contributed by atoms with Gasteiger partial charge in [-0.3, -0.25) is 4.79 Å². The quantitative estimate of drug-likeness (QED) is 0.339. The van der Waals surface area contributed by atoms with Crippen LogP contribution in [0.1, 0.15) is 108 Å². The van der Waals surface area contributed by atoms with Crippen LogP contribution in [-0.2, 0) is 19.2 Å². The molecule has 0 atom stereocenters. The summed E-state index contributed by atoms with van der Waals surface area (Å²) >= 11 is 0. The molecule has 1 fully saturated rings. The van der Waals surface area contributed by atoms with Crippen LogP contribution in [0, 0.1) is 10.8 Å². The van der Waals surface area contributed by atoms with Crippen molar-refractivity contribution in [2.45, 2.75) is 131 Å². The minimum absolute atomic E-state index is 0.0302. The molecule has 6 heteroatoms. The molecule has 0 N–H and O–H groups in total. The maximum Gasteiger partial charge on any atom is 0.306 e. The van der Waals surface area contributed by atoms with E-state index in [1.165, 1.54) is 0 Å². The number of nitrogens with zero attached hydrogens (tertiary/aromatic N) is 1. The molecule has 0 bridgehead atoms. The highest BCUT2D eigenvalue weighted by atomic mass is 16.7. The highest BCUT2D eigenvalue weighted by Crippen LogP contribution is 2.43. The average Bonchev–Trinajstić information content (AvgIpc) is 2.47. The third-order valence-electron chi connectivity index (χ3n) is 5.78. The molecule has 1 aliphatic heterocycles. The standard InChI is InChI=1S/C25H47BNO4/c1-22(2,3)16-19(17-23(4,5)6)31-21(29)13-12-20(28)26-18-14-24(7,8)27(30-11)25(9,10)15-18/h18-19H,12-17H2,1-11H3. The lowest BCUT2D eigenvalue weighted by Gasteiger charge is -2.53. The fourth-order valence-corrected chi connectivity index (χ4v) is 5.29. The van der Waals surface area contributed by atoms with Crippen LogP contribution in [0.25, 0.3) is 0 Å². The van der Waals surface area contributed by atoms with E-state index in [0.29, 0.717) is 0 Å². The van der Waals surface area contributed by atoms with Gasteiger partial charge in [-0.25, -0.2) is 0 Å². The molecule has 0 amide bonds. The third kappa shape index (κ3) is 10.1. The Bertz CT molecular complexity index is 582. The van der Waals surface area contributed by atoms with Gasteiger partial charge in [0.25, 0.3) is 0 Å². The van der Waals surface area contributed by atoms with Gasteiger partial charge >= 0.3 is 5.97 Å². The Morgan fingerprint density at radius 2 is 1.39 bits per heavy atom. The number of ether oxygens (including phenoxy) is 1. The van der Waals surface area contributed by atoms with Crippen molar-refractivity contribution in [2.24, 2.45) is 10.8 Å². The Labute approximate surface area is 192 Å². The fourth-order valence-electron chi connectivity index (χ4n) is 5.29. The first-order valence-electron chi connectivity index (χ1n) is 11.8. The SMILES string of the molecule is CON1C(C)(C)CC([B]C(=O)CCC(=O)OC(CC(C)(C)C)CC(C)(C)C)CC1(C)C. The number of hydrogen-bond acceptors (Lipinski definition) is 5. The summed E-state index contributed by atoms with van der Waals surface area (Å²) in [6, 6.07) is 0. The normalized spacial score (nSPS) is 20.0. The molecule has 1 aliphatic rings. The monoisotopic (exact) mass is 436 g/mol. The molecule has 1 rings (SSSR count). The van der Waals surface area contributed by atoms with Crippen molar-refractivity contribution in [3.63, 3.8) is 0 Å². The highest BCUT2D eigenvalue weighted by Gasteiger charge is 2.46. The Balaban J connectivity index is 2.60. The largest absolute Gasteiger partial charge is 0.462 e. The molecule has 179 valence electrons. The second kappa shape index (κ2) is 10.4. The van der Waals surface area contributed by atoms with Crippen LogP contribution in [0.3, 0.4) is 0 Å². The molecule has 0 aromatic carbocycles. The van der Waals surface area contributed by atoms with Crippen LogP contribution in [0.4, 0.5) is 0 Å². The first-order valence-corrected chi connectivity index (χ1v) is 11.8. The van der Waals surface area contributed by atoms with Crippen molar-refractivity contribution in [1.29, 1.82) is 0 Å². The van der Waals surface area contributed by atoms with Crippen LogP contribution in [0.15, 0.2) is 0 Å². The first-order chi connectivity index (χ1) is 13.8. The fraction of sp³-hybridized carbons (Fsp3) is 0.920. The highest BCUT2D eigenvalue weighted by molar-refractivity contribution is 6.75.